The van der Waals surface area contributed by atoms with Crippen LogP contribution in [0.3, 0.4) is 0 Å². The lowest BCUT2D eigenvalue weighted by atomic mass is 9.81. The van der Waals surface area contributed by atoms with Gasteiger partial charge in [0.2, 0.25) is 5.91 Å². The van der Waals surface area contributed by atoms with Crippen LogP contribution in [-0.4, -0.2) is 11.8 Å². The minimum absolute atomic E-state index is 0.101. The molecule has 1 fully saturated rings. The summed E-state index contributed by atoms with van der Waals surface area (Å²) in [6.07, 6.45) is 6.85. The van der Waals surface area contributed by atoms with Gasteiger partial charge in [-0.25, -0.2) is 4.90 Å². The van der Waals surface area contributed by atoms with E-state index in [1.165, 1.54) is 16.0 Å². The molecule has 1 unspecified atom stereocenters. The van der Waals surface area contributed by atoms with Gasteiger partial charge in [0.1, 0.15) is 0 Å². The lowest BCUT2D eigenvalue weighted by molar-refractivity contribution is -0.122. The van der Waals surface area contributed by atoms with E-state index < -0.39 is 0 Å². The zero-order valence-corrected chi connectivity index (χ0v) is 13.0. The van der Waals surface area contributed by atoms with E-state index in [-0.39, 0.29) is 17.7 Å². The van der Waals surface area contributed by atoms with Crippen LogP contribution in [0.25, 0.3) is 0 Å². The van der Waals surface area contributed by atoms with Crippen molar-refractivity contribution < 1.29 is 9.59 Å². The lowest BCUT2D eigenvalue weighted by Crippen LogP contribution is -2.30. The summed E-state index contributed by atoms with van der Waals surface area (Å²) in [5.74, 6) is -0.597. The van der Waals surface area contributed by atoms with Gasteiger partial charge in [0, 0.05) is 5.57 Å². The number of amides is 2. The number of rotatable bonds is 1. The summed E-state index contributed by atoms with van der Waals surface area (Å²) >= 11 is 0. The number of allylic oxidation sites excluding steroid dienone is 4. The van der Waals surface area contributed by atoms with Gasteiger partial charge in [0.15, 0.2) is 0 Å². The Bertz CT molecular complexity index is 770. The quantitative estimate of drug-likeness (QED) is 0.737. The first-order valence-electron chi connectivity index (χ1n) is 8.22. The molecule has 2 amide bonds. The Kier molecular flexibility index (Phi) is 3.29. The highest BCUT2D eigenvalue weighted by Gasteiger charge is 2.46. The van der Waals surface area contributed by atoms with Crippen molar-refractivity contribution in [3.63, 3.8) is 0 Å². The first-order chi connectivity index (χ1) is 11.2. The largest absolute Gasteiger partial charge is 0.273 e. The standard InChI is InChI=1S/C20H19NO2/c1-13-7-5-6-8-14-11-17-18(12-16(13)14)20(23)21(19(17)22)15-9-3-2-4-10-15/h2-4,9-11,18H,1,5-8,12H2. The van der Waals surface area contributed by atoms with E-state index in [1.807, 2.05) is 36.4 Å². The molecule has 0 radical (unpaired) electrons. The maximum absolute atomic E-state index is 12.8. The smallest absolute Gasteiger partial charge is 0.261 e. The van der Waals surface area contributed by atoms with Crippen molar-refractivity contribution in [2.75, 3.05) is 4.90 Å². The first-order valence-corrected chi connectivity index (χ1v) is 8.22. The summed E-state index contributed by atoms with van der Waals surface area (Å²) in [5.41, 5.74) is 4.90. The second-order valence-corrected chi connectivity index (χ2v) is 6.49. The molecule has 1 heterocycles. The summed E-state index contributed by atoms with van der Waals surface area (Å²) in [6, 6.07) is 9.20. The molecule has 1 aliphatic heterocycles. The van der Waals surface area contributed by atoms with Crippen LogP contribution in [0.2, 0.25) is 0 Å². The maximum atomic E-state index is 12.8. The molecule has 23 heavy (non-hydrogen) atoms. The predicted octanol–water partition coefficient (Wildman–Crippen LogP) is 3.93. The molecule has 1 saturated heterocycles. The third-order valence-corrected chi connectivity index (χ3v) is 5.09. The number of carbonyl (C=O) groups excluding carboxylic acids is 2. The maximum Gasteiger partial charge on any atom is 0.261 e. The molecule has 0 saturated carbocycles. The number of anilines is 1. The van der Waals surface area contributed by atoms with Crippen LogP contribution >= 0.6 is 0 Å². The van der Waals surface area contributed by atoms with E-state index in [1.54, 1.807) is 0 Å². The number of hydrogen-bond donors (Lipinski definition) is 0. The number of fused-ring (bicyclic) bond motifs is 1. The Hall–Kier alpha value is -2.42. The molecular weight excluding hydrogens is 286 g/mol. The molecule has 3 heteroatoms. The normalized spacial score (nSPS) is 24.3. The van der Waals surface area contributed by atoms with Crippen LogP contribution in [0.4, 0.5) is 5.69 Å². The summed E-state index contributed by atoms with van der Waals surface area (Å²) < 4.78 is 0. The monoisotopic (exact) mass is 305 g/mol. The molecule has 0 aromatic heterocycles. The van der Waals surface area contributed by atoms with Gasteiger partial charge in [-0.2, -0.15) is 0 Å². The van der Waals surface area contributed by atoms with Crippen LogP contribution in [-0.2, 0) is 9.59 Å². The Labute approximate surface area is 136 Å². The number of benzene rings is 1. The van der Waals surface area contributed by atoms with Gasteiger partial charge >= 0.3 is 0 Å². The van der Waals surface area contributed by atoms with Crippen molar-refractivity contribution >= 4 is 17.5 Å². The van der Waals surface area contributed by atoms with E-state index in [2.05, 4.69) is 6.58 Å². The van der Waals surface area contributed by atoms with Gasteiger partial charge in [0.25, 0.3) is 5.91 Å². The van der Waals surface area contributed by atoms with Crippen LogP contribution in [0.15, 0.2) is 65.3 Å². The minimum atomic E-state index is -0.337. The van der Waals surface area contributed by atoms with Crippen LogP contribution in [0.5, 0.6) is 0 Å². The second-order valence-electron chi connectivity index (χ2n) is 6.49. The predicted molar refractivity (Wildman–Crippen MR) is 89.8 cm³/mol. The third kappa shape index (κ3) is 2.19. The molecule has 3 aliphatic rings. The zero-order chi connectivity index (χ0) is 16.0. The fourth-order valence-corrected chi connectivity index (χ4v) is 3.86. The Morgan fingerprint density at radius 3 is 2.57 bits per heavy atom. The van der Waals surface area contributed by atoms with E-state index in [4.69, 9.17) is 0 Å². The fraction of sp³-hybridized carbons (Fsp3) is 0.300. The number of nitrogens with zero attached hydrogens (tertiary/aromatic N) is 1. The van der Waals surface area contributed by atoms with E-state index in [0.29, 0.717) is 17.7 Å². The molecule has 0 bridgehead atoms. The van der Waals surface area contributed by atoms with Crippen LogP contribution in [0, 0.1) is 5.92 Å². The van der Waals surface area contributed by atoms with Gasteiger partial charge in [-0.1, -0.05) is 30.4 Å². The van der Waals surface area contributed by atoms with Gasteiger partial charge in [0.05, 0.1) is 11.6 Å². The topological polar surface area (TPSA) is 37.4 Å². The summed E-state index contributed by atoms with van der Waals surface area (Å²) in [4.78, 5) is 27.0. The Morgan fingerprint density at radius 1 is 1.04 bits per heavy atom. The van der Waals surface area contributed by atoms with Gasteiger partial charge < -0.3 is 0 Å². The molecule has 3 nitrogen and oxygen atoms in total. The fourth-order valence-electron chi connectivity index (χ4n) is 3.86. The molecule has 1 aromatic carbocycles. The summed E-state index contributed by atoms with van der Waals surface area (Å²) in [6.45, 7) is 4.20. The van der Waals surface area contributed by atoms with E-state index in [0.717, 1.165) is 31.3 Å². The zero-order valence-electron chi connectivity index (χ0n) is 13.0. The highest BCUT2D eigenvalue weighted by atomic mass is 16.2. The summed E-state index contributed by atoms with van der Waals surface area (Å²) in [5, 5.41) is 0. The van der Waals surface area contributed by atoms with Crippen LogP contribution in [0.1, 0.15) is 32.1 Å². The molecule has 0 spiro atoms. The number of carbonyl (C=O) groups is 2. The average molecular weight is 305 g/mol. The molecule has 2 aliphatic carbocycles. The third-order valence-electron chi connectivity index (χ3n) is 5.09. The van der Waals surface area contributed by atoms with Gasteiger partial charge in [-0.3, -0.25) is 9.59 Å². The number of imide groups is 1. The molecular formula is C20H19NO2. The summed E-state index contributed by atoms with van der Waals surface area (Å²) in [7, 11) is 0. The highest BCUT2D eigenvalue weighted by molar-refractivity contribution is 6.29. The SMILES string of the molecule is C=C1CCCCC2=C1CC1C(=O)N(c3ccccc3)C(=O)C1=C2. The average Bonchev–Trinajstić information content (AvgIpc) is 2.71. The van der Waals surface area contributed by atoms with Crippen molar-refractivity contribution in [2.24, 2.45) is 5.92 Å². The first kappa shape index (κ1) is 14.2. The van der Waals surface area contributed by atoms with Crippen LogP contribution < -0.4 is 4.90 Å². The molecule has 1 atom stereocenters. The molecule has 1 aromatic rings. The van der Waals surface area contributed by atoms with E-state index >= 15 is 0 Å². The Morgan fingerprint density at radius 2 is 1.78 bits per heavy atom. The van der Waals surface area contributed by atoms with Crippen molar-refractivity contribution in [1.82, 2.24) is 0 Å². The van der Waals surface area contributed by atoms with Gasteiger partial charge in [-0.15, -0.1) is 0 Å². The van der Waals surface area contributed by atoms with Crippen molar-refractivity contribution in [3.8, 4) is 0 Å². The number of para-hydroxylation sites is 1. The van der Waals surface area contributed by atoms with E-state index in [9.17, 15) is 9.59 Å². The molecule has 0 N–H and O–H groups in total. The van der Waals surface area contributed by atoms with Crippen molar-refractivity contribution in [3.05, 3.63) is 65.3 Å². The van der Waals surface area contributed by atoms with Crippen molar-refractivity contribution in [2.45, 2.75) is 32.1 Å². The lowest BCUT2D eigenvalue weighted by Gasteiger charge is -2.21. The Balaban J connectivity index is 1.74. The second kappa shape index (κ2) is 5.34. The minimum Gasteiger partial charge on any atom is -0.273 e. The van der Waals surface area contributed by atoms with Gasteiger partial charge in [-0.05, 0) is 61.5 Å². The molecule has 4 rings (SSSR count). The number of hydrogen-bond acceptors (Lipinski definition) is 2. The molecule has 116 valence electrons. The van der Waals surface area contributed by atoms with Crippen molar-refractivity contribution in [1.29, 1.82) is 0 Å². The highest BCUT2D eigenvalue weighted by Crippen LogP contribution is 2.43.